The summed E-state index contributed by atoms with van der Waals surface area (Å²) in [5.41, 5.74) is 2.64. The third-order valence-electron chi connectivity index (χ3n) is 8.17. The molecule has 2 atom stereocenters. The molecule has 2 fully saturated rings. The molecule has 0 bridgehead atoms. The second-order valence-corrected chi connectivity index (χ2v) is 13.3. The van der Waals surface area contributed by atoms with Crippen molar-refractivity contribution in [2.24, 2.45) is 0 Å². The minimum atomic E-state index is -1.12. The minimum absolute atomic E-state index is 0.0629. The number of H-pyrrole nitrogens is 1. The fraction of sp³-hybridized carbons (Fsp3) is 0.333. The van der Waals surface area contributed by atoms with E-state index < -0.39 is 10.8 Å². The van der Waals surface area contributed by atoms with Crippen molar-refractivity contribution >= 4 is 57.7 Å². The summed E-state index contributed by atoms with van der Waals surface area (Å²) in [5, 5.41) is 5.38. The molecule has 0 unspecified atom stereocenters. The van der Waals surface area contributed by atoms with Crippen molar-refractivity contribution < 1.29 is 14.3 Å². The van der Waals surface area contributed by atoms with Gasteiger partial charge in [-0.05, 0) is 54.9 Å². The number of carbonyl (C=O) groups is 2. The third-order valence-corrected chi connectivity index (χ3v) is 10.1. The number of halogens is 2. The van der Waals surface area contributed by atoms with Crippen LogP contribution in [0.25, 0.3) is 10.9 Å². The van der Waals surface area contributed by atoms with E-state index in [1.54, 1.807) is 0 Å². The first-order valence-corrected chi connectivity index (χ1v) is 16.1. The van der Waals surface area contributed by atoms with Crippen LogP contribution in [0.3, 0.4) is 0 Å². The number of hydrogen-bond acceptors (Lipinski definition) is 5. The van der Waals surface area contributed by atoms with E-state index in [0.717, 1.165) is 66.2 Å². The van der Waals surface area contributed by atoms with Gasteiger partial charge in [-0.15, -0.1) is 11.8 Å². The fourth-order valence-electron chi connectivity index (χ4n) is 6.12. The number of fused-ring (bicyclic) bond motifs is 1. The van der Waals surface area contributed by atoms with E-state index in [2.05, 4.69) is 15.2 Å². The van der Waals surface area contributed by atoms with Crippen molar-refractivity contribution in [3.8, 4) is 0 Å². The van der Waals surface area contributed by atoms with Crippen LogP contribution in [0.15, 0.2) is 83.9 Å². The van der Waals surface area contributed by atoms with Gasteiger partial charge in [0.25, 0.3) is 0 Å². The molecule has 4 aromatic rings. The first-order chi connectivity index (χ1) is 20.9. The van der Waals surface area contributed by atoms with Crippen LogP contribution in [0.1, 0.15) is 30.0 Å². The molecule has 3 aromatic carbocycles. The Morgan fingerprint density at radius 1 is 1.02 bits per heavy atom. The molecule has 0 saturated carbocycles. The van der Waals surface area contributed by atoms with E-state index in [1.165, 1.54) is 11.8 Å². The molecule has 3 heterocycles. The molecule has 0 aliphatic carbocycles. The number of carbonyl (C=O) groups excluding carboxylic acids is 2. The van der Waals surface area contributed by atoms with E-state index in [4.69, 9.17) is 27.9 Å². The zero-order valence-corrected chi connectivity index (χ0v) is 26.1. The van der Waals surface area contributed by atoms with E-state index in [0.29, 0.717) is 23.1 Å². The van der Waals surface area contributed by atoms with Gasteiger partial charge in [-0.2, -0.15) is 0 Å². The molecule has 0 spiro atoms. The third kappa shape index (κ3) is 6.59. The predicted molar refractivity (Wildman–Crippen MR) is 173 cm³/mol. The first-order valence-electron chi connectivity index (χ1n) is 14.6. The standard InChI is InChI=1S/C33H34Cl2N4O3S/c34-24-7-4-6-23(18-24)22-39-30(40)20-33(43-26-8-2-1-3-9-26,32(41)36-12-5-13-38-14-16-42-17-15-38)31(39)28-21-37-29-19-25(35)10-11-27(28)29/h1-4,6-11,18-19,21,31,37H,5,12-17,20,22H2,(H,36,41)/t31-,33-/m1/s1. The van der Waals surface area contributed by atoms with Crippen molar-refractivity contribution in [1.82, 2.24) is 20.1 Å². The number of aromatic amines is 1. The van der Waals surface area contributed by atoms with Gasteiger partial charge in [0.15, 0.2) is 0 Å². The van der Waals surface area contributed by atoms with Gasteiger partial charge < -0.3 is 19.9 Å². The van der Waals surface area contributed by atoms with Crippen LogP contribution in [0.5, 0.6) is 0 Å². The van der Waals surface area contributed by atoms with Crippen LogP contribution in [0.4, 0.5) is 0 Å². The number of thioether (sulfide) groups is 1. The summed E-state index contributed by atoms with van der Waals surface area (Å²) in [7, 11) is 0. The van der Waals surface area contributed by atoms with Crippen LogP contribution < -0.4 is 5.32 Å². The summed E-state index contributed by atoms with van der Waals surface area (Å²) in [6, 6.07) is 22.5. The van der Waals surface area contributed by atoms with E-state index in [9.17, 15) is 9.59 Å². The maximum atomic E-state index is 14.5. The minimum Gasteiger partial charge on any atom is -0.379 e. The average molecular weight is 638 g/mol. The van der Waals surface area contributed by atoms with Crippen molar-refractivity contribution in [3.63, 3.8) is 0 Å². The molecule has 7 nitrogen and oxygen atoms in total. The molecule has 6 rings (SSSR count). The van der Waals surface area contributed by atoms with E-state index in [1.807, 2.05) is 83.9 Å². The van der Waals surface area contributed by atoms with Gasteiger partial charge in [-0.1, -0.05) is 59.6 Å². The Kier molecular flexibility index (Phi) is 9.31. The lowest BCUT2D eigenvalue weighted by molar-refractivity contribution is -0.129. The van der Waals surface area contributed by atoms with Crippen molar-refractivity contribution in [1.29, 1.82) is 0 Å². The highest BCUT2D eigenvalue weighted by Gasteiger charge is 2.58. The fourth-order valence-corrected chi connectivity index (χ4v) is 7.94. The number of benzene rings is 3. The van der Waals surface area contributed by atoms with E-state index in [-0.39, 0.29) is 18.2 Å². The van der Waals surface area contributed by atoms with Gasteiger partial charge in [-0.25, -0.2) is 0 Å². The summed E-state index contributed by atoms with van der Waals surface area (Å²) in [4.78, 5) is 37.0. The maximum absolute atomic E-state index is 14.5. The van der Waals surface area contributed by atoms with E-state index >= 15 is 0 Å². The Morgan fingerprint density at radius 3 is 2.60 bits per heavy atom. The number of amides is 2. The lowest BCUT2D eigenvalue weighted by Gasteiger charge is -2.36. The van der Waals surface area contributed by atoms with Crippen LogP contribution in [-0.4, -0.2) is 70.7 Å². The molecule has 1 aromatic heterocycles. The Balaban J connectivity index is 1.38. The number of ether oxygens (including phenoxy) is 1. The second kappa shape index (κ2) is 13.3. The zero-order valence-electron chi connectivity index (χ0n) is 23.7. The summed E-state index contributed by atoms with van der Waals surface area (Å²) < 4.78 is 4.35. The van der Waals surface area contributed by atoms with Crippen LogP contribution >= 0.6 is 35.0 Å². The number of morpholine rings is 1. The van der Waals surface area contributed by atoms with Crippen molar-refractivity contribution in [2.75, 3.05) is 39.4 Å². The summed E-state index contributed by atoms with van der Waals surface area (Å²) in [6.45, 7) is 5.02. The smallest absolute Gasteiger partial charge is 0.239 e. The molecular weight excluding hydrogens is 603 g/mol. The molecule has 2 amide bonds. The van der Waals surface area contributed by atoms with Gasteiger partial charge in [0.2, 0.25) is 11.8 Å². The normalized spacial score (nSPS) is 21.0. The highest BCUT2D eigenvalue weighted by molar-refractivity contribution is 8.01. The SMILES string of the molecule is O=C1C[C@](Sc2ccccc2)(C(=O)NCCCN2CCOCC2)[C@@H](c2c[nH]c3cc(Cl)ccc23)N1Cc1cccc(Cl)c1. The monoisotopic (exact) mass is 636 g/mol. The number of nitrogens with zero attached hydrogens (tertiary/aromatic N) is 2. The Labute approximate surface area is 265 Å². The lowest BCUT2D eigenvalue weighted by atomic mass is 9.91. The molecule has 2 saturated heterocycles. The van der Waals surface area contributed by atoms with Gasteiger partial charge in [0.1, 0.15) is 4.75 Å². The highest BCUT2D eigenvalue weighted by Crippen LogP contribution is 2.54. The van der Waals surface area contributed by atoms with Gasteiger partial charge in [0, 0.05) is 63.8 Å². The van der Waals surface area contributed by atoms with Crippen molar-refractivity contribution in [3.05, 3.63) is 100 Å². The maximum Gasteiger partial charge on any atom is 0.239 e. The lowest BCUT2D eigenvalue weighted by Crippen LogP contribution is -2.48. The van der Waals surface area contributed by atoms with Crippen molar-refractivity contribution in [2.45, 2.75) is 35.1 Å². The molecule has 43 heavy (non-hydrogen) atoms. The number of rotatable bonds is 10. The number of aromatic nitrogens is 1. The Morgan fingerprint density at radius 2 is 1.81 bits per heavy atom. The van der Waals surface area contributed by atoms with Gasteiger partial charge in [-0.3, -0.25) is 14.5 Å². The number of likely N-dealkylation sites (tertiary alicyclic amines) is 1. The molecule has 2 aliphatic rings. The van der Waals surface area contributed by atoms with Crippen LogP contribution in [-0.2, 0) is 20.9 Å². The average Bonchev–Trinajstić information content (AvgIpc) is 3.53. The summed E-state index contributed by atoms with van der Waals surface area (Å²) in [6.07, 6.45) is 2.79. The topological polar surface area (TPSA) is 77.7 Å². The summed E-state index contributed by atoms with van der Waals surface area (Å²) in [5.74, 6) is -0.223. The quantitative estimate of drug-likeness (QED) is 0.199. The molecular formula is C33H34Cl2N4O3S. The first kappa shape index (κ1) is 30.0. The number of hydrogen-bond donors (Lipinski definition) is 2. The van der Waals surface area contributed by atoms with Gasteiger partial charge >= 0.3 is 0 Å². The molecule has 0 radical (unpaired) electrons. The van der Waals surface area contributed by atoms with Crippen LogP contribution in [0.2, 0.25) is 10.0 Å². The zero-order chi connectivity index (χ0) is 29.8. The molecule has 2 N–H and O–H groups in total. The molecule has 10 heteroatoms. The summed E-state index contributed by atoms with van der Waals surface area (Å²) >= 11 is 14.1. The van der Waals surface area contributed by atoms with Gasteiger partial charge in [0.05, 0.1) is 25.7 Å². The Hall–Kier alpha value is -3.01. The van der Waals surface area contributed by atoms with Crippen LogP contribution in [0, 0.1) is 0 Å². The number of nitrogens with one attached hydrogen (secondary N) is 2. The predicted octanol–water partition coefficient (Wildman–Crippen LogP) is 6.32. The Bertz CT molecular complexity index is 1590. The largest absolute Gasteiger partial charge is 0.379 e. The molecule has 2 aliphatic heterocycles. The molecule has 224 valence electrons. The highest BCUT2D eigenvalue weighted by atomic mass is 35.5. The second-order valence-electron chi connectivity index (χ2n) is 11.0.